The minimum Gasteiger partial charge on any atom is -0.462 e. The highest BCUT2D eigenvalue weighted by Crippen LogP contribution is 2.24. The number of ether oxygens (including phenoxy) is 1. The van der Waals surface area contributed by atoms with Crippen LogP contribution in [0.25, 0.3) is 0 Å². The molecule has 0 aromatic carbocycles. The molecule has 3 nitrogen and oxygen atoms in total. The van der Waals surface area contributed by atoms with E-state index in [4.69, 9.17) is 4.74 Å². The van der Waals surface area contributed by atoms with Crippen molar-refractivity contribution in [3.63, 3.8) is 0 Å². The van der Waals surface area contributed by atoms with Gasteiger partial charge in [0.15, 0.2) is 0 Å². The fraction of sp³-hybridized carbons (Fsp3) is 0.727. The summed E-state index contributed by atoms with van der Waals surface area (Å²) in [4.78, 5) is 11.1. The predicted octanol–water partition coefficient (Wildman–Crippen LogP) is 1.66. The predicted molar refractivity (Wildman–Crippen MR) is 53.7 cm³/mol. The summed E-state index contributed by atoms with van der Waals surface area (Å²) in [5.74, 6) is -0.241. The van der Waals surface area contributed by atoms with E-state index in [2.05, 4.69) is 6.58 Å². The number of hydrogen-bond donors (Lipinski definition) is 1. The Morgan fingerprint density at radius 3 is 2.71 bits per heavy atom. The summed E-state index contributed by atoms with van der Waals surface area (Å²) >= 11 is 0. The summed E-state index contributed by atoms with van der Waals surface area (Å²) in [6, 6.07) is 0. The molecule has 0 aliphatic heterocycles. The third-order valence-electron chi connectivity index (χ3n) is 2.65. The Hall–Kier alpha value is -0.830. The quantitative estimate of drug-likeness (QED) is 0.554. The van der Waals surface area contributed by atoms with Gasteiger partial charge in [0, 0.05) is 11.5 Å². The molecule has 2 atom stereocenters. The maximum absolute atomic E-state index is 11.1. The lowest BCUT2D eigenvalue weighted by atomic mass is 9.87. The van der Waals surface area contributed by atoms with Crippen molar-refractivity contribution in [2.45, 2.75) is 38.7 Å². The SMILES string of the molecule is C=C(C)C(=O)OCC1CCCCC1O. The lowest BCUT2D eigenvalue weighted by Crippen LogP contribution is -2.29. The van der Waals surface area contributed by atoms with Gasteiger partial charge in [-0.15, -0.1) is 0 Å². The molecule has 2 unspecified atom stereocenters. The molecule has 0 aromatic rings. The van der Waals surface area contributed by atoms with E-state index < -0.39 is 0 Å². The molecule has 1 aliphatic rings. The normalized spacial score (nSPS) is 27.0. The van der Waals surface area contributed by atoms with Gasteiger partial charge in [-0.3, -0.25) is 0 Å². The van der Waals surface area contributed by atoms with Gasteiger partial charge in [0.1, 0.15) is 0 Å². The van der Waals surface area contributed by atoms with Gasteiger partial charge < -0.3 is 9.84 Å². The molecule has 0 bridgehead atoms. The van der Waals surface area contributed by atoms with Crippen molar-refractivity contribution >= 4 is 5.97 Å². The first-order valence-electron chi connectivity index (χ1n) is 5.12. The van der Waals surface area contributed by atoms with Gasteiger partial charge in [-0.1, -0.05) is 19.4 Å². The highest BCUT2D eigenvalue weighted by molar-refractivity contribution is 5.86. The van der Waals surface area contributed by atoms with Crippen molar-refractivity contribution < 1.29 is 14.6 Å². The molecule has 0 radical (unpaired) electrons. The Balaban J connectivity index is 2.29. The number of esters is 1. The molecule has 80 valence electrons. The van der Waals surface area contributed by atoms with Crippen LogP contribution in [-0.2, 0) is 9.53 Å². The van der Waals surface area contributed by atoms with Gasteiger partial charge in [0.05, 0.1) is 12.7 Å². The molecule has 0 amide bonds. The minimum atomic E-state index is -0.359. The molecule has 0 aromatic heterocycles. The number of hydrogen-bond acceptors (Lipinski definition) is 3. The number of aliphatic hydroxyl groups excluding tert-OH is 1. The van der Waals surface area contributed by atoms with E-state index in [9.17, 15) is 9.90 Å². The van der Waals surface area contributed by atoms with E-state index in [-0.39, 0.29) is 18.0 Å². The van der Waals surface area contributed by atoms with Crippen molar-refractivity contribution in [1.29, 1.82) is 0 Å². The Morgan fingerprint density at radius 1 is 1.50 bits per heavy atom. The van der Waals surface area contributed by atoms with Gasteiger partial charge in [0.2, 0.25) is 0 Å². The zero-order valence-corrected chi connectivity index (χ0v) is 8.66. The van der Waals surface area contributed by atoms with Crippen LogP contribution in [0.4, 0.5) is 0 Å². The fourth-order valence-corrected chi connectivity index (χ4v) is 1.69. The summed E-state index contributed by atoms with van der Waals surface area (Å²) < 4.78 is 5.01. The zero-order valence-electron chi connectivity index (χ0n) is 8.66. The molecule has 0 saturated heterocycles. The summed E-state index contributed by atoms with van der Waals surface area (Å²) in [6.07, 6.45) is 3.67. The summed E-state index contributed by atoms with van der Waals surface area (Å²) in [6.45, 7) is 5.45. The highest BCUT2D eigenvalue weighted by atomic mass is 16.5. The van der Waals surface area contributed by atoms with Gasteiger partial charge >= 0.3 is 5.97 Å². The number of aliphatic hydroxyl groups is 1. The van der Waals surface area contributed by atoms with E-state index in [0.717, 1.165) is 25.7 Å². The third kappa shape index (κ3) is 3.14. The van der Waals surface area contributed by atoms with Crippen LogP contribution in [0.2, 0.25) is 0 Å². The van der Waals surface area contributed by atoms with E-state index in [1.807, 2.05) is 0 Å². The fourth-order valence-electron chi connectivity index (χ4n) is 1.69. The molecule has 14 heavy (non-hydrogen) atoms. The van der Waals surface area contributed by atoms with Gasteiger partial charge in [-0.05, 0) is 19.8 Å². The van der Waals surface area contributed by atoms with Crippen LogP contribution < -0.4 is 0 Å². The molecule has 0 heterocycles. The molecule has 3 heteroatoms. The van der Waals surface area contributed by atoms with Crippen molar-refractivity contribution in [3.05, 3.63) is 12.2 Å². The Kier molecular flexibility index (Phi) is 4.14. The Bertz CT molecular complexity index is 223. The van der Waals surface area contributed by atoms with Gasteiger partial charge in [-0.25, -0.2) is 4.79 Å². The van der Waals surface area contributed by atoms with Crippen LogP contribution in [0.5, 0.6) is 0 Å². The van der Waals surface area contributed by atoms with Crippen LogP contribution in [0, 0.1) is 5.92 Å². The molecule has 1 aliphatic carbocycles. The van der Waals surface area contributed by atoms with Crippen LogP contribution in [0.3, 0.4) is 0 Å². The second-order valence-electron chi connectivity index (χ2n) is 3.99. The summed E-state index contributed by atoms with van der Waals surface area (Å²) in [7, 11) is 0. The van der Waals surface area contributed by atoms with Gasteiger partial charge in [-0.2, -0.15) is 0 Å². The van der Waals surface area contributed by atoms with Crippen molar-refractivity contribution in [3.8, 4) is 0 Å². The molecular weight excluding hydrogens is 180 g/mol. The van der Waals surface area contributed by atoms with E-state index in [0.29, 0.717) is 12.2 Å². The average Bonchev–Trinajstić information content (AvgIpc) is 2.16. The minimum absolute atomic E-state index is 0.118. The first-order chi connectivity index (χ1) is 6.61. The van der Waals surface area contributed by atoms with Crippen LogP contribution >= 0.6 is 0 Å². The molecular formula is C11H18O3. The molecule has 1 saturated carbocycles. The first kappa shape index (κ1) is 11.2. The number of carbonyl (C=O) groups excluding carboxylic acids is 1. The molecule has 1 N–H and O–H groups in total. The molecule has 1 fully saturated rings. The smallest absolute Gasteiger partial charge is 0.333 e. The largest absolute Gasteiger partial charge is 0.462 e. The zero-order chi connectivity index (χ0) is 10.6. The topological polar surface area (TPSA) is 46.5 Å². The van der Waals surface area contributed by atoms with Crippen LogP contribution in [0.1, 0.15) is 32.6 Å². The maximum atomic E-state index is 11.1. The Labute approximate surface area is 84.8 Å². The van der Waals surface area contributed by atoms with E-state index in [1.165, 1.54) is 0 Å². The van der Waals surface area contributed by atoms with Crippen LogP contribution in [-0.4, -0.2) is 23.8 Å². The monoisotopic (exact) mass is 198 g/mol. The van der Waals surface area contributed by atoms with Crippen LogP contribution in [0.15, 0.2) is 12.2 Å². The van der Waals surface area contributed by atoms with Crippen molar-refractivity contribution in [1.82, 2.24) is 0 Å². The average molecular weight is 198 g/mol. The lowest BCUT2D eigenvalue weighted by Gasteiger charge is -2.26. The molecule has 0 spiro atoms. The Morgan fingerprint density at radius 2 is 2.14 bits per heavy atom. The van der Waals surface area contributed by atoms with Crippen molar-refractivity contribution in [2.24, 2.45) is 5.92 Å². The summed E-state index contributed by atoms with van der Waals surface area (Å²) in [5.41, 5.74) is 0.412. The number of carbonyl (C=O) groups is 1. The number of rotatable bonds is 3. The highest BCUT2D eigenvalue weighted by Gasteiger charge is 2.24. The maximum Gasteiger partial charge on any atom is 0.333 e. The summed E-state index contributed by atoms with van der Waals surface area (Å²) in [5, 5.41) is 9.61. The second kappa shape index (κ2) is 5.15. The van der Waals surface area contributed by atoms with Crippen molar-refractivity contribution in [2.75, 3.05) is 6.61 Å². The standard InChI is InChI=1S/C11H18O3/c1-8(2)11(13)14-7-9-5-3-4-6-10(9)12/h9-10,12H,1,3-7H2,2H3. The van der Waals surface area contributed by atoms with Gasteiger partial charge in [0.25, 0.3) is 0 Å². The van der Waals surface area contributed by atoms with E-state index >= 15 is 0 Å². The third-order valence-corrected chi connectivity index (χ3v) is 2.65. The van der Waals surface area contributed by atoms with E-state index in [1.54, 1.807) is 6.92 Å². The first-order valence-corrected chi connectivity index (χ1v) is 5.12. The molecule has 1 rings (SSSR count). The second-order valence-corrected chi connectivity index (χ2v) is 3.99. The lowest BCUT2D eigenvalue weighted by molar-refractivity contribution is -0.142.